The van der Waals surface area contributed by atoms with Crippen LogP contribution in [0.25, 0.3) is 6.08 Å². The summed E-state index contributed by atoms with van der Waals surface area (Å²) in [5.41, 5.74) is 0.282. The van der Waals surface area contributed by atoms with Crippen LogP contribution in [0.4, 0.5) is 11.5 Å². The molecule has 0 bridgehead atoms. The second kappa shape index (κ2) is 10.3. The average Bonchev–Trinajstić information content (AvgIpc) is 2.54. The summed E-state index contributed by atoms with van der Waals surface area (Å²) in [5.74, 6) is -0.0574. The van der Waals surface area contributed by atoms with Crippen molar-refractivity contribution in [2.24, 2.45) is 0 Å². The minimum atomic E-state index is -0.539. The fraction of sp³-hybridized carbons (Fsp3) is 0.467. The maximum Gasteiger partial charge on any atom is 0.330 e. The van der Waals surface area contributed by atoms with Crippen molar-refractivity contribution in [3.05, 3.63) is 34.0 Å². The third-order valence-electron chi connectivity index (χ3n) is 2.85. The Hall–Kier alpha value is -2.48. The second-order valence-corrected chi connectivity index (χ2v) is 4.66. The Labute approximate surface area is 134 Å². The number of esters is 1. The summed E-state index contributed by atoms with van der Waals surface area (Å²) in [7, 11) is 1.57. The molecule has 0 amide bonds. The summed E-state index contributed by atoms with van der Waals surface area (Å²) in [6.45, 7) is 3.30. The largest absolute Gasteiger partial charge is 0.463 e. The van der Waals surface area contributed by atoms with E-state index < -0.39 is 10.9 Å². The van der Waals surface area contributed by atoms with Gasteiger partial charge in [0.15, 0.2) is 0 Å². The molecule has 0 aromatic carbocycles. The first kappa shape index (κ1) is 18.6. The van der Waals surface area contributed by atoms with Gasteiger partial charge in [-0.2, -0.15) is 0 Å². The van der Waals surface area contributed by atoms with E-state index in [4.69, 9.17) is 9.47 Å². The van der Waals surface area contributed by atoms with Crippen molar-refractivity contribution < 1.29 is 19.2 Å². The van der Waals surface area contributed by atoms with Crippen molar-refractivity contribution in [3.63, 3.8) is 0 Å². The zero-order valence-electron chi connectivity index (χ0n) is 13.3. The lowest BCUT2D eigenvalue weighted by molar-refractivity contribution is -0.385. The zero-order chi connectivity index (χ0) is 17.1. The zero-order valence-corrected chi connectivity index (χ0v) is 13.3. The molecule has 126 valence electrons. The van der Waals surface area contributed by atoms with Gasteiger partial charge in [0.25, 0.3) is 5.69 Å². The Morgan fingerprint density at radius 1 is 1.48 bits per heavy atom. The van der Waals surface area contributed by atoms with Crippen LogP contribution in [0.5, 0.6) is 0 Å². The monoisotopic (exact) mass is 323 g/mol. The predicted molar refractivity (Wildman–Crippen MR) is 86.2 cm³/mol. The molecule has 0 radical (unpaired) electrons. The molecule has 1 N–H and O–H groups in total. The van der Waals surface area contributed by atoms with Gasteiger partial charge in [0.05, 0.1) is 18.1 Å². The molecular weight excluding hydrogens is 302 g/mol. The van der Waals surface area contributed by atoms with Crippen LogP contribution in [0.3, 0.4) is 0 Å². The number of anilines is 1. The van der Waals surface area contributed by atoms with E-state index in [1.165, 1.54) is 18.2 Å². The van der Waals surface area contributed by atoms with Crippen molar-refractivity contribution in [1.82, 2.24) is 4.98 Å². The van der Waals surface area contributed by atoms with E-state index >= 15 is 0 Å². The normalized spacial score (nSPS) is 10.7. The Balaban J connectivity index is 2.84. The number of hydrogen-bond acceptors (Lipinski definition) is 7. The molecule has 0 spiro atoms. The molecule has 1 heterocycles. The van der Waals surface area contributed by atoms with Gasteiger partial charge in [0.1, 0.15) is 12.0 Å². The van der Waals surface area contributed by atoms with Crippen molar-refractivity contribution >= 4 is 23.6 Å². The molecular formula is C15H21N3O5. The number of unbranched alkanes of at least 4 members (excludes halogenated alkanes) is 1. The number of nitrogens with one attached hydrogen (secondary N) is 1. The SMILES string of the molecule is CCCCOC(=O)/C=C/c1cc([N+](=O)[O-])cnc1NCCOC. The highest BCUT2D eigenvalue weighted by Gasteiger charge is 2.11. The van der Waals surface area contributed by atoms with E-state index in [9.17, 15) is 14.9 Å². The topological polar surface area (TPSA) is 104 Å². The third-order valence-corrected chi connectivity index (χ3v) is 2.85. The van der Waals surface area contributed by atoms with E-state index in [1.54, 1.807) is 7.11 Å². The third kappa shape index (κ3) is 6.88. The number of ether oxygens (including phenoxy) is 2. The predicted octanol–water partition coefficient (Wildman–Crippen LogP) is 2.40. The number of carbonyl (C=O) groups is 1. The second-order valence-electron chi connectivity index (χ2n) is 4.66. The van der Waals surface area contributed by atoms with E-state index in [1.807, 2.05) is 6.92 Å². The number of nitrogens with zero attached hydrogens (tertiary/aromatic N) is 2. The van der Waals surface area contributed by atoms with E-state index in [0.717, 1.165) is 19.0 Å². The smallest absolute Gasteiger partial charge is 0.330 e. The lowest BCUT2D eigenvalue weighted by Crippen LogP contribution is -2.10. The molecule has 1 aromatic heterocycles. The molecule has 8 heteroatoms. The minimum Gasteiger partial charge on any atom is -0.463 e. The Morgan fingerprint density at radius 2 is 2.26 bits per heavy atom. The molecule has 1 rings (SSSR count). The first-order valence-corrected chi connectivity index (χ1v) is 7.30. The van der Waals surface area contributed by atoms with Gasteiger partial charge < -0.3 is 14.8 Å². The number of rotatable bonds is 10. The van der Waals surface area contributed by atoms with Gasteiger partial charge in [0.2, 0.25) is 0 Å². The highest BCUT2D eigenvalue weighted by molar-refractivity contribution is 5.88. The summed E-state index contributed by atoms with van der Waals surface area (Å²) in [5, 5.41) is 13.8. The van der Waals surface area contributed by atoms with Crippen LogP contribution in [0.15, 0.2) is 18.3 Å². The lowest BCUT2D eigenvalue weighted by atomic mass is 10.2. The first-order valence-electron chi connectivity index (χ1n) is 7.30. The van der Waals surface area contributed by atoms with Crippen LogP contribution in [0, 0.1) is 10.1 Å². The van der Waals surface area contributed by atoms with Gasteiger partial charge in [-0.1, -0.05) is 13.3 Å². The summed E-state index contributed by atoms with van der Waals surface area (Å²) in [4.78, 5) is 25.9. The van der Waals surface area contributed by atoms with Crippen molar-refractivity contribution in [2.45, 2.75) is 19.8 Å². The van der Waals surface area contributed by atoms with Gasteiger partial charge in [-0.3, -0.25) is 10.1 Å². The summed E-state index contributed by atoms with van der Waals surface area (Å²) in [6.07, 6.45) is 5.56. The van der Waals surface area contributed by atoms with E-state index in [0.29, 0.717) is 31.1 Å². The highest BCUT2D eigenvalue weighted by atomic mass is 16.6. The van der Waals surface area contributed by atoms with Crippen LogP contribution < -0.4 is 5.32 Å². The standard InChI is InChI=1S/C15H21N3O5/c1-3-4-8-23-14(19)6-5-12-10-13(18(20)21)11-17-15(12)16-7-9-22-2/h5-6,10-11H,3-4,7-9H2,1-2H3,(H,16,17)/b6-5+. The van der Waals surface area contributed by atoms with Crippen LogP contribution in [-0.4, -0.2) is 42.7 Å². The van der Waals surface area contributed by atoms with E-state index in [2.05, 4.69) is 10.3 Å². The fourth-order valence-corrected chi connectivity index (χ4v) is 1.64. The van der Waals surface area contributed by atoms with Gasteiger partial charge in [-0.05, 0) is 12.5 Å². The molecule has 1 aromatic rings. The maximum atomic E-state index is 11.6. The molecule has 0 saturated carbocycles. The van der Waals surface area contributed by atoms with Crippen LogP contribution >= 0.6 is 0 Å². The fourth-order valence-electron chi connectivity index (χ4n) is 1.64. The Morgan fingerprint density at radius 3 is 2.91 bits per heavy atom. The molecule has 0 aliphatic heterocycles. The summed E-state index contributed by atoms with van der Waals surface area (Å²) < 4.78 is 9.93. The molecule has 0 saturated heterocycles. The number of aromatic nitrogens is 1. The molecule has 8 nitrogen and oxygen atoms in total. The highest BCUT2D eigenvalue weighted by Crippen LogP contribution is 2.20. The quantitative estimate of drug-likeness (QED) is 0.232. The van der Waals surface area contributed by atoms with Crippen molar-refractivity contribution in [3.8, 4) is 0 Å². The van der Waals surface area contributed by atoms with Crippen LogP contribution in [0.1, 0.15) is 25.3 Å². The lowest BCUT2D eigenvalue weighted by Gasteiger charge is -2.08. The Bertz CT molecular complexity index is 560. The Kier molecular flexibility index (Phi) is 8.30. The van der Waals surface area contributed by atoms with E-state index in [-0.39, 0.29) is 5.69 Å². The number of carbonyl (C=O) groups excluding carboxylic acids is 1. The first-order chi connectivity index (χ1) is 11.1. The minimum absolute atomic E-state index is 0.152. The van der Waals surface area contributed by atoms with Gasteiger partial charge in [-0.15, -0.1) is 0 Å². The van der Waals surface area contributed by atoms with Gasteiger partial charge in [-0.25, -0.2) is 9.78 Å². The van der Waals surface area contributed by atoms with Gasteiger partial charge >= 0.3 is 5.97 Å². The van der Waals surface area contributed by atoms with Crippen molar-refractivity contribution in [1.29, 1.82) is 0 Å². The van der Waals surface area contributed by atoms with Crippen LogP contribution in [-0.2, 0) is 14.3 Å². The maximum absolute atomic E-state index is 11.6. The molecule has 0 fully saturated rings. The number of pyridine rings is 1. The summed E-state index contributed by atoms with van der Waals surface area (Å²) in [6, 6.07) is 1.35. The summed E-state index contributed by atoms with van der Waals surface area (Å²) >= 11 is 0. The molecule has 0 aliphatic rings. The number of hydrogen-bond donors (Lipinski definition) is 1. The molecule has 23 heavy (non-hydrogen) atoms. The molecule has 0 unspecified atom stereocenters. The molecule has 0 aliphatic carbocycles. The average molecular weight is 323 g/mol. The van der Waals surface area contributed by atoms with Crippen LogP contribution in [0.2, 0.25) is 0 Å². The molecule has 0 atom stereocenters. The van der Waals surface area contributed by atoms with Gasteiger partial charge in [0, 0.05) is 31.4 Å². The number of nitro groups is 1. The van der Waals surface area contributed by atoms with Crippen molar-refractivity contribution in [2.75, 3.05) is 32.2 Å². The number of methoxy groups -OCH3 is 1.